The molecule has 4 nitrogen and oxygen atoms in total. The van der Waals surface area contributed by atoms with Crippen molar-refractivity contribution in [3.8, 4) is 11.5 Å². The average molecular weight is 304 g/mol. The van der Waals surface area contributed by atoms with Crippen molar-refractivity contribution < 1.29 is 14.6 Å². The monoisotopic (exact) mass is 303 g/mol. The summed E-state index contributed by atoms with van der Waals surface area (Å²) < 4.78 is 5.69. The predicted molar refractivity (Wildman–Crippen MR) is 82.7 cm³/mol. The van der Waals surface area contributed by atoms with E-state index >= 15 is 0 Å². The van der Waals surface area contributed by atoms with Crippen molar-refractivity contribution >= 4 is 23.2 Å². The number of benzene rings is 2. The van der Waals surface area contributed by atoms with Gasteiger partial charge in [0, 0.05) is 16.3 Å². The molecule has 0 saturated heterocycles. The van der Waals surface area contributed by atoms with Crippen LogP contribution in [0.2, 0.25) is 5.02 Å². The standard InChI is InChI=1S/C16H14ClNO3/c1-2-16(20)18-13-5-8-15(11(9-13)10-19)21-14-6-3-12(17)4-7-14/h2-9,19H,1,10H2,(H,18,20). The van der Waals surface area contributed by atoms with Crippen LogP contribution < -0.4 is 10.1 Å². The average Bonchev–Trinajstić information content (AvgIpc) is 2.50. The van der Waals surface area contributed by atoms with Gasteiger partial charge in [0.05, 0.1) is 6.61 Å². The van der Waals surface area contributed by atoms with E-state index in [0.717, 1.165) is 0 Å². The molecule has 0 atom stereocenters. The van der Waals surface area contributed by atoms with Crippen LogP contribution in [-0.4, -0.2) is 11.0 Å². The van der Waals surface area contributed by atoms with Crippen molar-refractivity contribution in [3.05, 3.63) is 65.7 Å². The van der Waals surface area contributed by atoms with E-state index in [1.54, 1.807) is 42.5 Å². The van der Waals surface area contributed by atoms with Crippen molar-refractivity contribution in [1.29, 1.82) is 0 Å². The van der Waals surface area contributed by atoms with Crippen LogP contribution in [0.1, 0.15) is 5.56 Å². The fourth-order valence-corrected chi connectivity index (χ4v) is 1.83. The van der Waals surface area contributed by atoms with Crippen LogP contribution in [0.25, 0.3) is 0 Å². The Morgan fingerprint density at radius 1 is 1.29 bits per heavy atom. The Hall–Kier alpha value is -2.30. The molecule has 2 rings (SSSR count). The lowest BCUT2D eigenvalue weighted by atomic mass is 10.2. The first-order valence-corrected chi connectivity index (χ1v) is 6.61. The van der Waals surface area contributed by atoms with E-state index in [1.807, 2.05) is 0 Å². The molecule has 1 amide bonds. The van der Waals surface area contributed by atoms with Gasteiger partial charge in [0.15, 0.2) is 0 Å². The molecule has 0 aliphatic rings. The molecule has 0 saturated carbocycles. The Morgan fingerprint density at radius 3 is 2.62 bits per heavy atom. The third-order valence-corrected chi connectivity index (χ3v) is 2.98. The molecule has 21 heavy (non-hydrogen) atoms. The zero-order valence-electron chi connectivity index (χ0n) is 11.2. The van der Waals surface area contributed by atoms with E-state index in [0.29, 0.717) is 27.8 Å². The fraction of sp³-hybridized carbons (Fsp3) is 0.0625. The summed E-state index contributed by atoms with van der Waals surface area (Å²) in [4.78, 5) is 11.3. The van der Waals surface area contributed by atoms with Crippen molar-refractivity contribution in [1.82, 2.24) is 0 Å². The van der Waals surface area contributed by atoms with Crippen LogP contribution in [0.15, 0.2) is 55.1 Å². The summed E-state index contributed by atoms with van der Waals surface area (Å²) in [6.07, 6.45) is 1.18. The van der Waals surface area contributed by atoms with Gasteiger partial charge in [-0.2, -0.15) is 0 Å². The molecule has 0 spiro atoms. The zero-order valence-corrected chi connectivity index (χ0v) is 11.9. The Morgan fingerprint density at radius 2 is 2.00 bits per heavy atom. The van der Waals surface area contributed by atoms with Gasteiger partial charge in [0.25, 0.3) is 0 Å². The van der Waals surface area contributed by atoms with Gasteiger partial charge in [-0.05, 0) is 48.5 Å². The second kappa shape index (κ2) is 6.92. The lowest BCUT2D eigenvalue weighted by Crippen LogP contribution is -2.07. The van der Waals surface area contributed by atoms with Crippen molar-refractivity contribution in [2.75, 3.05) is 5.32 Å². The molecular formula is C16H14ClNO3. The molecule has 2 N–H and O–H groups in total. The third kappa shape index (κ3) is 4.08. The predicted octanol–water partition coefficient (Wildman–Crippen LogP) is 3.75. The van der Waals surface area contributed by atoms with Crippen molar-refractivity contribution in [3.63, 3.8) is 0 Å². The highest BCUT2D eigenvalue weighted by molar-refractivity contribution is 6.30. The number of aliphatic hydroxyl groups is 1. The molecule has 0 heterocycles. The minimum Gasteiger partial charge on any atom is -0.457 e. The van der Waals surface area contributed by atoms with E-state index in [-0.39, 0.29) is 12.5 Å². The van der Waals surface area contributed by atoms with Gasteiger partial charge in [-0.25, -0.2) is 0 Å². The number of aliphatic hydroxyl groups excluding tert-OH is 1. The minimum atomic E-state index is -0.315. The first-order valence-electron chi connectivity index (χ1n) is 6.23. The second-order valence-corrected chi connectivity index (χ2v) is 4.67. The van der Waals surface area contributed by atoms with Crippen molar-refractivity contribution in [2.24, 2.45) is 0 Å². The largest absolute Gasteiger partial charge is 0.457 e. The highest BCUT2D eigenvalue weighted by Crippen LogP contribution is 2.28. The SMILES string of the molecule is C=CC(=O)Nc1ccc(Oc2ccc(Cl)cc2)c(CO)c1. The molecule has 0 aliphatic carbocycles. The number of hydrogen-bond acceptors (Lipinski definition) is 3. The number of ether oxygens (including phenoxy) is 1. The topological polar surface area (TPSA) is 58.6 Å². The number of rotatable bonds is 5. The lowest BCUT2D eigenvalue weighted by molar-refractivity contribution is -0.111. The van der Waals surface area contributed by atoms with Gasteiger partial charge < -0.3 is 15.2 Å². The Labute approximate surface area is 127 Å². The number of hydrogen-bond donors (Lipinski definition) is 2. The van der Waals surface area contributed by atoms with Crippen LogP contribution in [-0.2, 0) is 11.4 Å². The summed E-state index contributed by atoms with van der Waals surface area (Å²) in [7, 11) is 0. The maximum absolute atomic E-state index is 11.3. The number of carbonyl (C=O) groups is 1. The van der Waals surface area contributed by atoms with Gasteiger partial charge in [-0.15, -0.1) is 0 Å². The van der Waals surface area contributed by atoms with Gasteiger partial charge in [-0.1, -0.05) is 18.2 Å². The summed E-state index contributed by atoms with van der Waals surface area (Å²) in [5.74, 6) is 0.804. The summed E-state index contributed by atoms with van der Waals surface area (Å²) in [5.41, 5.74) is 1.12. The zero-order chi connectivity index (χ0) is 15.2. The number of anilines is 1. The molecule has 5 heteroatoms. The molecule has 108 valence electrons. The van der Waals surface area contributed by atoms with Gasteiger partial charge >= 0.3 is 0 Å². The van der Waals surface area contributed by atoms with E-state index in [1.165, 1.54) is 6.08 Å². The molecular weight excluding hydrogens is 290 g/mol. The maximum atomic E-state index is 11.3. The van der Waals surface area contributed by atoms with Crippen LogP contribution >= 0.6 is 11.6 Å². The van der Waals surface area contributed by atoms with E-state index in [9.17, 15) is 9.90 Å². The highest BCUT2D eigenvalue weighted by atomic mass is 35.5. The lowest BCUT2D eigenvalue weighted by Gasteiger charge is -2.12. The fourth-order valence-electron chi connectivity index (χ4n) is 1.70. The molecule has 0 aromatic heterocycles. The molecule has 0 fully saturated rings. The normalized spacial score (nSPS) is 10.0. The van der Waals surface area contributed by atoms with Gasteiger partial charge in [0.2, 0.25) is 5.91 Å². The molecule has 0 unspecified atom stereocenters. The minimum absolute atomic E-state index is 0.208. The van der Waals surface area contributed by atoms with Crippen LogP contribution in [0.4, 0.5) is 5.69 Å². The van der Waals surface area contributed by atoms with E-state index in [4.69, 9.17) is 16.3 Å². The van der Waals surface area contributed by atoms with E-state index in [2.05, 4.69) is 11.9 Å². The van der Waals surface area contributed by atoms with Gasteiger partial charge in [-0.3, -0.25) is 4.79 Å². The highest BCUT2D eigenvalue weighted by Gasteiger charge is 2.07. The molecule has 0 bridgehead atoms. The molecule has 0 radical (unpaired) electrons. The summed E-state index contributed by atoms with van der Waals surface area (Å²) in [5, 5.41) is 12.7. The number of amides is 1. The molecule has 2 aromatic rings. The second-order valence-electron chi connectivity index (χ2n) is 4.23. The van der Waals surface area contributed by atoms with Crippen molar-refractivity contribution in [2.45, 2.75) is 6.61 Å². The Bertz CT molecular complexity index is 653. The number of carbonyl (C=O) groups excluding carboxylic acids is 1. The number of halogens is 1. The van der Waals surface area contributed by atoms with E-state index < -0.39 is 0 Å². The summed E-state index contributed by atoms with van der Waals surface area (Å²) in [6.45, 7) is 3.18. The Kier molecular flexibility index (Phi) is 4.98. The number of nitrogens with one attached hydrogen (secondary N) is 1. The first-order chi connectivity index (χ1) is 10.1. The quantitative estimate of drug-likeness (QED) is 0.827. The smallest absolute Gasteiger partial charge is 0.247 e. The van der Waals surface area contributed by atoms with Crippen LogP contribution in [0, 0.1) is 0 Å². The maximum Gasteiger partial charge on any atom is 0.247 e. The summed E-state index contributed by atoms with van der Waals surface area (Å²) >= 11 is 5.81. The summed E-state index contributed by atoms with van der Waals surface area (Å²) in [6, 6.07) is 11.9. The van der Waals surface area contributed by atoms with Crippen LogP contribution in [0.3, 0.4) is 0 Å². The third-order valence-electron chi connectivity index (χ3n) is 2.73. The first kappa shape index (κ1) is 15.1. The Balaban J connectivity index is 2.21. The molecule has 2 aromatic carbocycles. The molecule has 0 aliphatic heterocycles. The van der Waals surface area contributed by atoms with Gasteiger partial charge in [0.1, 0.15) is 11.5 Å². The van der Waals surface area contributed by atoms with Crippen LogP contribution in [0.5, 0.6) is 11.5 Å².